The highest BCUT2D eigenvalue weighted by molar-refractivity contribution is 5.04. The highest BCUT2D eigenvalue weighted by atomic mass is 16.3. The molecular formula is C11H18N2O. The lowest BCUT2D eigenvalue weighted by Crippen LogP contribution is -2.19. The second-order valence-electron chi connectivity index (χ2n) is 4.48. The third-order valence-corrected chi connectivity index (χ3v) is 3.58. The summed E-state index contributed by atoms with van der Waals surface area (Å²) in [4.78, 5) is 0. The van der Waals surface area contributed by atoms with Gasteiger partial charge < -0.3 is 5.11 Å². The van der Waals surface area contributed by atoms with Gasteiger partial charge in [-0.25, -0.2) is 0 Å². The summed E-state index contributed by atoms with van der Waals surface area (Å²) >= 11 is 0. The predicted octanol–water partition coefficient (Wildman–Crippen LogP) is 1.51. The van der Waals surface area contributed by atoms with Gasteiger partial charge in [-0.2, -0.15) is 5.10 Å². The van der Waals surface area contributed by atoms with E-state index in [1.165, 1.54) is 18.5 Å². The van der Waals surface area contributed by atoms with E-state index in [0.29, 0.717) is 0 Å². The summed E-state index contributed by atoms with van der Waals surface area (Å²) in [6, 6.07) is 2.05. The van der Waals surface area contributed by atoms with Gasteiger partial charge in [-0.3, -0.25) is 4.68 Å². The van der Waals surface area contributed by atoms with Gasteiger partial charge in [-0.1, -0.05) is 0 Å². The average Bonchev–Trinajstić information content (AvgIpc) is 2.83. The van der Waals surface area contributed by atoms with Gasteiger partial charge in [0, 0.05) is 18.9 Å². The standard InChI is InChI=1S/C11H18N2O/c1-9(14)11(6-7-11)5-3-10-4-8-12-13(10)2/h4,8-9,14H,3,5-7H2,1-2H3. The number of aromatic nitrogens is 2. The van der Waals surface area contributed by atoms with Crippen molar-refractivity contribution in [1.82, 2.24) is 9.78 Å². The van der Waals surface area contributed by atoms with Gasteiger partial charge in [0.25, 0.3) is 0 Å². The van der Waals surface area contributed by atoms with Crippen molar-refractivity contribution in [2.45, 2.75) is 38.7 Å². The molecule has 0 saturated heterocycles. The Morgan fingerprint density at radius 2 is 2.36 bits per heavy atom. The molecule has 1 aliphatic carbocycles. The van der Waals surface area contributed by atoms with Crippen LogP contribution in [0.4, 0.5) is 0 Å². The maximum Gasteiger partial charge on any atom is 0.0568 e. The molecule has 1 aromatic rings. The van der Waals surface area contributed by atoms with Crippen molar-refractivity contribution in [1.29, 1.82) is 0 Å². The summed E-state index contributed by atoms with van der Waals surface area (Å²) in [6.45, 7) is 1.91. The van der Waals surface area contributed by atoms with Crippen molar-refractivity contribution in [3.63, 3.8) is 0 Å². The minimum absolute atomic E-state index is 0.157. The smallest absolute Gasteiger partial charge is 0.0568 e. The minimum atomic E-state index is -0.157. The summed E-state index contributed by atoms with van der Waals surface area (Å²) in [5.41, 5.74) is 1.49. The first-order chi connectivity index (χ1) is 6.64. The maximum atomic E-state index is 9.62. The Labute approximate surface area is 84.7 Å². The Morgan fingerprint density at radius 3 is 2.79 bits per heavy atom. The van der Waals surface area contributed by atoms with Crippen molar-refractivity contribution in [3.8, 4) is 0 Å². The van der Waals surface area contributed by atoms with Crippen LogP contribution in [0.5, 0.6) is 0 Å². The van der Waals surface area contributed by atoms with Crippen molar-refractivity contribution in [2.24, 2.45) is 12.5 Å². The molecule has 1 atom stereocenters. The van der Waals surface area contributed by atoms with E-state index < -0.39 is 0 Å². The van der Waals surface area contributed by atoms with Crippen LogP contribution in [0.25, 0.3) is 0 Å². The number of hydrogen-bond donors (Lipinski definition) is 1. The first-order valence-corrected chi connectivity index (χ1v) is 5.29. The fourth-order valence-electron chi connectivity index (χ4n) is 2.06. The molecule has 0 bridgehead atoms. The zero-order chi connectivity index (χ0) is 10.2. The molecule has 1 N–H and O–H groups in total. The fourth-order valence-corrected chi connectivity index (χ4v) is 2.06. The van der Waals surface area contributed by atoms with E-state index in [-0.39, 0.29) is 11.5 Å². The van der Waals surface area contributed by atoms with Crippen LogP contribution in [-0.2, 0) is 13.5 Å². The topological polar surface area (TPSA) is 38.1 Å². The number of aliphatic hydroxyl groups excluding tert-OH is 1. The Balaban J connectivity index is 1.92. The Kier molecular flexibility index (Phi) is 2.35. The Hall–Kier alpha value is -0.830. The van der Waals surface area contributed by atoms with Crippen molar-refractivity contribution in [3.05, 3.63) is 18.0 Å². The van der Waals surface area contributed by atoms with Gasteiger partial charge >= 0.3 is 0 Å². The molecule has 78 valence electrons. The molecule has 2 rings (SSSR count). The SMILES string of the molecule is CC(O)C1(CCc2ccnn2C)CC1. The molecule has 3 nitrogen and oxygen atoms in total. The third kappa shape index (κ3) is 1.69. The highest BCUT2D eigenvalue weighted by Gasteiger charge is 2.46. The number of rotatable bonds is 4. The molecule has 0 amide bonds. The van der Waals surface area contributed by atoms with E-state index in [9.17, 15) is 5.11 Å². The zero-order valence-electron chi connectivity index (χ0n) is 8.90. The lowest BCUT2D eigenvalue weighted by Gasteiger charge is -2.17. The van der Waals surface area contributed by atoms with Gasteiger partial charge in [0.1, 0.15) is 0 Å². The number of nitrogens with zero attached hydrogens (tertiary/aromatic N) is 2. The summed E-state index contributed by atoms with van der Waals surface area (Å²) in [7, 11) is 1.97. The van der Waals surface area contributed by atoms with Crippen LogP contribution in [-0.4, -0.2) is 21.0 Å². The molecular weight excluding hydrogens is 176 g/mol. The van der Waals surface area contributed by atoms with E-state index in [1.807, 2.05) is 24.9 Å². The van der Waals surface area contributed by atoms with Crippen LogP contribution in [0.15, 0.2) is 12.3 Å². The monoisotopic (exact) mass is 194 g/mol. The second kappa shape index (κ2) is 3.39. The molecule has 1 saturated carbocycles. The van der Waals surface area contributed by atoms with Crippen LogP contribution in [0.3, 0.4) is 0 Å². The van der Waals surface area contributed by atoms with Gasteiger partial charge in [-0.15, -0.1) is 0 Å². The minimum Gasteiger partial charge on any atom is -0.393 e. The van der Waals surface area contributed by atoms with Crippen LogP contribution in [0, 0.1) is 5.41 Å². The first kappa shape index (κ1) is 9.71. The summed E-state index contributed by atoms with van der Waals surface area (Å²) in [6.07, 6.45) is 6.16. The average molecular weight is 194 g/mol. The lowest BCUT2D eigenvalue weighted by molar-refractivity contribution is 0.104. The van der Waals surface area contributed by atoms with Crippen molar-refractivity contribution in [2.75, 3.05) is 0 Å². The molecule has 1 unspecified atom stereocenters. The zero-order valence-corrected chi connectivity index (χ0v) is 8.90. The molecule has 1 fully saturated rings. The first-order valence-electron chi connectivity index (χ1n) is 5.29. The molecule has 14 heavy (non-hydrogen) atoms. The molecule has 1 heterocycles. The lowest BCUT2D eigenvalue weighted by atomic mass is 9.93. The molecule has 0 aromatic carbocycles. The highest BCUT2D eigenvalue weighted by Crippen LogP contribution is 2.52. The summed E-state index contributed by atoms with van der Waals surface area (Å²) in [5.74, 6) is 0. The second-order valence-corrected chi connectivity index (χ2v) is 4.48. The van der Waals surface area contributed by atoms with Gasteiger partial charge in [0.15, 0.2) is 0 Å². The third-order valence-electron chi connectivity index (χ3n) is 3.58. The molecule has 1 aromatic heterocycles. The van der Waals surface area contributed by atoms with Crippen molar-refractivity contribution < 1.29 is 5.11 Å². The number of aliphatic hydroxyl groups is 1. The van der Waals surface area contributed by atoms with Crippen molar-refractivity contribution >= 4 is 0 Å². The normalized spacial score (nSPS) is 20.8. The molecule has 1 aliphatic rings. The van der Waals surface area contributed by atoms with E-state index >= 15 is 0 Å². The summed E-state index contributed by atoms with van der Waals surface area (Å²) < 4.78 is 1.91. The quantitative estimate of drug-likeness (QED) is 0.789. The Bertz CT molecular complexity index is 313. The molecule has 3 heteroatoms. The largest absolute Gasteiger partial charge is 0.393 e. The molecule has 0 aliphatic heterocycles. The van der Waals surface area contributed by atoms with Crippen LogP contribution in [0.2, 0.25) is 0 Å². The van der Waals surface area contributed by atoms with E-state index in [1.54, 1.807) is 0 Å². The molecule has 0 spiro atoms. The number of hydrogen-bond acceptors (Lipinski definition) is 2. The maximum absolute atomic E-state index is 9.62. The predicted molar refractivity (Wildman–Crippen MR) is 54.9 cm³/mol. The Morgan fingerprint density at radius 1 is 1.64 bits per heavy atom. The van der Waals surface area contributed by atoms with Gasteiger partial charge in [-0.05, 0) is 44.1 Å². The van der Waals surface area contributed by atoms with E-state index in [2.05, 4.69) is 11.2 Å². The number of aryl methyl sites for hydroxylation is 2. The van der Waals surface area contributed by atoms with E-state index in [0.717, 1.165) is 12.8 Å². The van der Waals surface area contributed by atoms with Gasteiger partial charge in [0.2, 0.25) is 0 Å². The van der Waals surface area contributed by atoms with Crippen LogP contribution >= 0.6 is 0 Å². The molecule has 0 radical (unpaired) electrons. The van der Waals surface area contributed by atoms with Crippen LogP contribution in [0.1, 0.15) is 31.9 Å². The fraction of sp³-hybridized carbons (Fsp3) is 0.727. The summed E-state index contributed by atoms with van der Waals surface area (Å²) in [5, 5.41) is 13.8. The van der Waals surface area contributed by atoms with Crippen LogP contribution < -0.4 is 0 Å². The van der Waals surface area contributed by atoms with Gasteiger partial charge in [0.05, 0.1) is 6.10 Å². The van der Waals surface area contributed by atoms with E-state index in [4.69, 9.17) is 0 Å².